The summed E-state index contributed by atoms with van der Waals surface area (Å²) in [5, 5.41) is -0.0529. The molecule has 2 heteroatoms. The summed E-state index contributed by atoms with van der Waals surface area (Å²) in [6.45, 7) is 4.43. The summed E-state index contributed by atoms with van der Waals surface area (Å²) in [7, 11) is 0. The molecule has 0 aliphatic rings. The molecule has 1 atom stereocenters. The summed E-state index contributed by atoms with van der Waals surface area (Å²) in [6, 6.07) is 3.50. The van der Waals surface area contributed by atoms with E-state index in [0.717, 1.165) is 0 Å². The summed E-state index contributed by atoms with van der Waals surface area (Å²) in [4.78, 5) is 1.20. The molecule has 1 heterocycles. The second kappa shape index (κ2) is 7.00. The Kier molecular flexibility index (Phi) is 5.92. The van der Waals surface area contributed by atoms with Gasteiger partial charge in [0.1, 0.15) is 0 Å². The standard InChI is InChI=1S/C13H21FS/c1-3-4-5-6-7-8-11(2)12-9-10-13(14)15-12/h9-11H,3-8H2,1-2H3. The van der Waals surface area contributed by atoms with Crippen molar-refractivity contribution in [2.75, 3.05) is 0 Å². The van der Waals surface area contributed by atoms with Crippen molar-refractivity contribution in [2.24, 2.45) is 0 Å². The van der Waals surface area contributed by atoms with Gasteiger partial charge in [-0.05, 0) is 24.5 Å². The molecule has 1 rings (SSSR count). The van der Waals surface area contributed by atoms with Crippen LogP contribution in [0.4, 0.5) is 4.39 Å². The average molecular weight is 228 g/mol. The number of hydrogen-bond acceptors (Lipinski definition) is 1. The summed E-state index contributed by atoms with van der Waals surface area (Å²) in [6.07, 6.45) is 7.80. The molecule has 0 aliphatic heterocycles. The molecule has 0 amide bonds. The predicted molar refractivity (Wildman–Crippen MR) is 66.1 cm³/mol. The maximum absolute atomic E-state index is 12.8. The Hall–Kier alpha value is -0.370. The van der Waals surface area contributed by atoms with Crippen molar-refractivity contribution in [1.82, 2.24) is 0 Å². The molecule has 0 nitrogen and oxygen atoms in total. The number of thiophene rings is 1. The van der Waals surface area contributed by atoms with E-state index in [1.807, 2.05) is 6.07 Å². The van der Waals surface area contributed by atoms with Crippen LogP contribution in [0.3, 0.4) is 0 Å². The SMILES string of the molecule is CCCCCCCC(C)c1ccc(F)s1. The van der Waals surface area contributed by atoms with Gasteiger partial charge in [0, 0.05) is 4.88 Å². The van der Waals surface area contributed by atoms with Gasteiger partial charge >= 0.3 is 0 Å². The fourth-order valence-electron chi connectivity index (χ4n) is 1.79. The molecule has 86 valence electrons. The van der Waals surface area contributed by atoms with Gasteiger partial charge in [0.25, 0.3) is 0 Å². The minimum atomic E-state index is -0.0529. The quantitative estimate of drug-likeness (QED) is 0.552. The zero-order chi connectivity index (χ0) is 11.1. The molecule has 0 bridgehead atoms. The molecule has 0 aliphatic carbocycles. The highest BCUT2D eigenvalue weighted by molar-refractivity contribution is 7.10. The van der Waals surface area contributed by atoms with Crippen LogP contribution in [-0.2, 0) is 0 Å². The van der Waals surface area contributed by atoms with E-state index in [1.54, 1.807) is 6.07 Å². The zero-order valence-electron chi connectivity index (χ0n) is 9.76. The molecule has 0 aromatic carbocycles. The van der Waals surface area contributed by atoms with E-state index >= 15 is 0 Å². The first kappa shape index (κ1) is 12.7. The van der Waals surface area contributed by atoms with Crippen molar-refractivity contribution in [3.8, 4) is 0 Å². The average Bonchev–Trinajstić information content (AvgIpc) is 2.64. The Labute approximate surface area is 96.5 Å². The monoisotopic (exact) mass is 228 g/mol. The van der Waals surface area contributed by atoms with Gasteiger partial charge in [-0.3, -0.25) is 0 Å². The van der Waals surface area contributed by atoms with E-state index in [-0.39, 0.29) is 5.13 Å². The highest BCUT2D eigenvalue weighted by Gasteiger charge is 2.08. The normalized spacial score (nSPS) is 13.0. The summed E-state index contributed by atoms with van der Waals surface area (Å²) >= 11 is 1.30. The van der Waals surface area contributed by atoms with Crippen molar-refractivity contribution < 1.29 is 4.39 Å². The Balaban J connectivity index is 2.16. The molecule has 0 spiro atoms. The van der Waals surface area contributed by atoms with Gasteiger partial charge in [0.05, 0.1) is 0 Å². The Morgan fingerprint density at radius 1 is 1.20 bits per heavy atom. The number of rotatable bonds is 7. The van der Waals surface area contributed by atoms with E-state index in [1.165, 1.54) is 54.7 Å². The van der Waals surface area contributed by atoms with Crippen LogP contribution in [0, 0.1) is 5.13 Å². The highest BCUT2D eigenvalue weighted by atomic mass is 32.1. The lowest BCUT2D eigenvalue weighted by molar-refractivity contribution is 0.570. The lowest BCUT2D eigenvalue weighted by Crippen LogP contribution is -1.90. The van der Waals surface area contributed by atoms with Gasteiger partial charge in [-0.25, -0.2) is 0 Å². The first-order valence-corrected chi connectivity index (χ1v) is 6.81. The van der Waals surface area contributed by atoms with Crippen LogP contribution in [0.2, 0.25) is 0 Å². The van der Waals surface area contributed by atoms with E-state index in [9.17, 15) is 4.39 Å². The van der Waals surface area contributed by atoms with E-state index in [0.29, 0.717) is 5.92 Å². The Bertz CT molecular complexity index is 267. The number of halogens is 1. The van der Waals surface area contributed by atoms with Crippen LogP contribution in [0.25, 0.3) is 0 Å². The van der Waals surface area contributed by atoms with Crippen LogP contribution in [0.5, 0.6) is 0 Å². The molecule has 1 aromatic heterocycles. The molecular formula is C13H21FS. The second-order valence-corrected chi connectivity index (χ2v) is 5.31. The van der Waals surface area contributed by atoms with Crippen molar-refractivity contribution >= 4 is 11.3 Å². The fraction of sp³-hybridized carbons (Fsp3) is 0.692. The van der Waals surface area contributed by atoms with Crippen molar-refractivity contribution in [3.63, 3.8) is 0 Å². The van der Waals surface area contributed by atoms with Crippen molar-refractivity contribution in [2.45, 2.75) is 58.3 Å². The van der Waals surface area contributed by atoms with E-state index in [2.05, 4.69) is 13.8 Å². The third-order valence-corrected chi connectivity index (χ3v) is 3.93. The molecule has 0 radical (unpaired) electrons. The molecular weight excluding hydrogens is 207 g/mol. The predicted octanol–water partition coefficient (Wildman–Crippen LogP) is 5.35. The van der Waals surface area contributed by atoms with Gasteiger partial charge in [-0.2, -0.15) is 4.39 Å². The molecule has 0 saturated heterocycles. The van der Waals surface area contributed by atoms with Gasteiger partial charge < -0.3 is 0 Å². The highest BCUT2D eigenvalue weighted by Crippen LogP contribution is 2.27. The van der Waals surface area contributed by atoms with Crippen LogP contribution in [0.1, 0.15) is 63.2 Å². The third-order valence-electron chi connectivity index (χ3n) is 2.82. The summed E-state index contributed by atoms with van der Waals surface area (Å²) in [5.74, 6) is 0.529. The van der Waals surface area contributed by atoms with E-state index in [4.69, 9.17) is 0 Å². The van der Waals surface area contributed by atoms with Gasteiger partial charge in [-0.15, -0.1) is 11.3 Å². The lowest BCUT2D eigenvalue weighted by Gasteiger charge is -2.08. The summed E-state index contributed by atoms with van der Waals surface area (Å²) in [5.41, 5.74) is 0. The minimum absolute atomic E-state index is 0.0529. The first-order chi connectivity index (χ1) is 7.24. The van der Waals surface area contributed by atoms with Crippen LogP contribution in [-0.4, -0.2) is 0 Å². The Morgan fingerprint density at radius 2 is 1.93 bits per heavy atom. The van der Waals surface area contributed by atoms with Crippen molar-refractivity contribution in [1.29, 1.82) is 0 Å². The first-order valence-electron chi connectivity index (χ1n) is 5.99. The number of hydrogen-bond donors (Lipinski definition) is 0. The van der Waals surface area contributed by atoms with Crippen molar-refractivity contribution in [3.05, 3.63) is 22.1 Å². The molecule has 1 aromatic rings. The lowest BCUT2D eigenvalue weighted by atomic mass is 10.0. The maximum atomic E-state index is 12.8. The maximum Gasteiger partial charge on any atom is 0.176 e. The topological polar surface area (TPSA) is 0 Å². The largest absolute Gasteiger partial charge is 0.195 e. The third kappa shape index (κ3) is 4.78. The molecule has 1 unspecified atom stereocenters. The zero-order valence-corrected chi connectivity index (χ0v) is 10.6. The van der Waals surface area contributed by atoms with Gasteiger partial charge in [0.15, 0.2) is 5.13 Å². The Morgan fingerprint density at radius 3 is 2.53 bits per heavy atom. The molecule has 0 saturated carbocycles. The smallest absolute Gasteiger partial charge is 0.176 e. The molecule has 0 N–H and O–H groups in total. The van der Waals surface area contributed by atoms with Crippen LogP contribution >= 0.6 is 11.3 Å². The number of unbranched alkanes of at least 4 members (excludes halogenated alkanes) is 4. The molecule has 15 heavy (non-hydrogen) atoms. The minimum Gasteiger partial charge on any atom is -0.195 e. The fourth-order valence-corrected chi connectivity index (χ4v) is 2.61. The van der Waals surface area contributed by atoms with E-state index < -0.39 is 0 Å². The van der Waals surface area contributed by atoms with Crippen LogP contribution < -0.4 is 0 Å². The second-order valence-electron chi connectivity index (χ2n) is 4.25. The summed E-state index contributed by atoms with van der Waals surface area (Å²) < 4.78 is 12.8. The molecule has 0 fully saturated rings. The van der Waals surface area contributed by atoms with Gasteiger partial charge in [0.2, 0.25) is 0 Å². The van der Waals surface area contributed by atoms with Gasteiger partial charge in [-0.1, -0.05) is 46.0 Å². The van der Waals surface area contributed by atoms with Crippen LogP contribution in [0.15, 0.2) is 12.1 Å².